The Labute approximate surface area is 108 Å². The topological polar surface area (TPSA) is 12.0 Å². The summed E-state index contributed by atoms with van der Waals surface area (Å²) in [6.07, 6.45) is 6.57. The van der Waals surface area contributed by atoms with E-state index in [0.29, 0.717) is 6.04 Å². The van der Waals surface area contributed by atoms with E-state index in [0.717, 1.165) is 5.25 Å². The molecular weight excluding hydrogens is 226 g/mol. The van der Waals surface area contributed by atoms with E-state index >= 15 is 0 Å². The van der Waals surface area contributed by atoms with Crippen molar-refractivity contribution in [1.29, 1.82) is 0 Å². The lowest BCUT2D eigenvalue weighted by molar-refractivity contribution is 0.399. The molecule has 2 atom stereocenters. The Morgan fingerprint density at radius 2 is 2.29 bits per heavy atom. The van der Waals surface area contributed by atoms with Gasteiger partial charge in [0.05, 0.1) is 0 Å². The molecule has 1 N–H and O–H groups in total. The maximum Gasteiger partial charge on any atom is 0.0107 e. The fourth-order valence-electron chi connectivity index (χ4n) is 2.99. The fraction of sp³-hybridized carbons (Fsp3) is 0.600. The van der Waals surface area contributed by atoms with E-state index in [9.17, 15) is 0 Å². The highest BCUT2D eigenvalue weighted by atomic mass is 32.2. The number of fused-ring (bicyclic) bond motifs is 1. The van der Waals surface area contributed by atoms with Crippen LogP contribution in [0.4, 0.5) is 0 Å². The number of thioether (sulfide) groups is 1. The lowest BCUT2D eigenvalue weighted by Gasteiger charge is -2.23. The second kappa shape index (κ2) is 5.03. The quantitative estimate of drug-likeness (QED) is 0.859. The lowest BCUT2D eigenvalue weighted by Crippen LogP contribution is -2.35. The summed E-state index contributed by atoms with van der Waals surface area (Å²) in [7, 11) is 0. The molecule has 0 bridgehead atoms. The number of benzene rings is 1. The predicted octanol–water partition coefficient (Wildman–Crippen LogP) is 3.41. The average Bonchev–Trinajstić information content (AvgIpc) is 2.70. The molecule has 1 nitrogen and oxygen atoms in total. The van der Waals surface area contributed by atoms with E-state index in [4.69, 9.17) is 0 Å². The van der Waals surface area contributed by atoms with Crippen LogP contribution in [-0.4, -0.2) is 17.8 Å². The summed E-state index contributed by atoms with van der Waals surface area (Å²) in [4.78, 5) is 1.51. The van der Waals surface area contributed by atoms with E-state index in [-0.39, 0.29) is 0 Å². The summed E-state index contributed by atoms with van der Waals surface area (Å²) < 4.78 is 0. The lowest BCUT2D eigenvalue weighted by atomic mass is 9.96. The summed E-state index contributed by atoms with van der Waals surface area (Å²) in [5.74, 6) is 0. The minimum Gasteiger partial charge on any atom is -0.314 e. The molecule has 2 aliphatic heterocycles. The van der Waals surface area contributed by atoms with Gasteiger partial charge >= 0.3 is 0 Å². The van der Waals surface area contributed by atoms with Crippen LogP contribution < -0.4 is 5.32 Å². The van der Waals surface area contributed by atoms with Crippen molar-refractivity contribution in [1.82, 2.24) is 5.32 Å². The molecule has 0 radical (unpaired) electrons. The number of hydrogen-bond acceptors (Lipinski definition) is 2. The number of rotatable bonds is 2. The number of hydrogen-bond donors (Lipinski definition) is 1. The standard InChI is InChI=1S/C15H21NS/c1-11-8-13-9-12(5-6-15(13)17-11)10-14-4-2-3-7-16-14/h5-6,9,11,14,16H,2-4,7-8,10H2,1H3. The fourth-order valence-corrected chi connectivity index (χ4v) is 4.12. The zero-order valence-electron chi connectivity index (χ0n) is 10.5. The van der Waals surface area contributed by atoms with Crippen molar-refractivity contribution in [3.05, 3.63) is 29.3 Å². The molecular formula is C15H21NS. The molecule has 2 heteroatoms. The van der Waals surface area contributed by atoms with E-state index in [1.54, 1.807) is 5.56 Å². The van der Waals surface area contributed by atoms with Gasteiger partial charge in [0, 0.05) is 16.2 Å². The van der Waals surface area contributed by atoms with E-state index in [1.807, 2.05) is 11.8 Å². The van der Waals surface area contributed by atoms with Gasteiger partial charge in [-0.3, -0.25) is 0 Å². The maximum absolute atomic E-state index is 3.64. The van der Waals surface area contributed by atoms with Gasteiger partial charge in [-0.1, -0.05) is 25.5 Å². The van der Waals surface area contributed by atoms with Gasteiger partial charge in [0.15, 0.2) is 0 Å². The molecule has 2 aliphatic rings. The Balaban J connectivity index is 1.69. The third kappa shape index (κ3) is 2.69. The molecule has 1 fully saturated rings. The minimum atomic E-state index is 0.716. The molecule has 17 heavy (non-hydrogen) atoms. The van der Waals surface area contributed by atoms with Crippen molar-refractivity contribution in [2.24, 2.45) is 0 Å². The number of piperidine rings is 1. The molecule has 3 rings (SSSR count). The van der Waals surface area contributed by atoms with Gasteiger partial charge in [0.25, 0.3) is 0 Å². The molecule has 1 aromatic rings. The smallest absolute Gasteiger partial charge is 0.0107 e. The van der Waals surface area contributed by atoms with Gasteiger partial charge in [-0.15, -0.1) is 11.8 Å². The zero-order chi connectivity index (χ0) is 11.7. The molecule has 0 aliphatic carbocycles. The highest BCUT2D eigenvalue weighted by Gasteiger charge is 2.19. The van der Waals surface area contributed by atoms with Crippen LogP contribution in [0, 0.1) is 0 Å². The van der Waals surface area contributed by atoms with Crippen LogP contribution in [0.3, 0.4) is 0 Å². The first-order valence-electron chi connectivity index (χ1n) is 6.83. The van der Waals surface area contributed by atoms with Gasteiger partial charge < -0.3 is 5.32 Å². The summed E-state index contributed by atoms with van der Waals surface area (Å²) in [5.41, 5.74) is 3.11. The second-order valence-corrected chi connectivity index (χ2v) is 6.91. The van der Waals surface area contributed by atoms with Crippen LogP contribution in [-0.2, 0) is 12.8 Å². The third-order valence-electron chi connectivity index (χ3n) is 3.85. The third-order valence-corrected chi connectivity index (χ3v) is 5.08. The van der Waals surface area contributed by atoms with Crippen molar-refractivity contribution in [2.75, 3.05) is 6.54 Å². The maximum atomic E-state index is 3.64. The molecule has 0 spiro atoms. The van der Waals surface area contributed by atoms with Gasteiger partial charge in [0.2, 0.25) is 0 Å². The minimum absolute atomic E-state index is 0.716. The van der Waals surface area contributed by atoms with Crippen LogP contribution in [0.25, 0.3) is 0 Å². The Hall–Kier alpha value is -0.470. The van der Waals surface area contributed by atoms with Crippen LogP contribution >= 0.6 is 11.8 Å². The molecule has 0 amide bonds. The number of nitrogens with one attached hydrogen (secondary N) is 1. The van der Waals surface area contributed by atoms with Crippen LogP contribution in [0.5, 0.6) is 0 Å². The highest BCUT2D eigenvalue weighted by Crippen LogP contribution is 2.37. The van der Waals surface area contributed by atoms with Crippen molar-refractivity contribution in [3.8, 4) is 0 Å². The molecule has 92 valence electrons. The van der Waals surface area contributed by atoms with Gasteiger partial charge in [0.1, 0.15) is 0 Å². The average molecular weight is 247 g/mol. The molecule has 2 unspecified atom stereocenters. The first kappa shape index (κ1) is 11.6. The van der Waals surface area contributed by atoms with E-state index < -0.39 is 0 Å². The van der Waals surface area contributed by atoms with Gasteiger partial charge in [-0.2, -0.15) is 0 Å². The Morgan fingerprint density at radius 3 is 3.12 bits per heavy atom. The van der Waals surface area contributed by atoms with E-state index in [2.05, 4.69) is 30.4 Å². The zero-order valence-corrected chi connectivity index (χ0v) is 11.4. The van der Waals surface area contributed by atoms with Gasteiger partial charge in [-0.05, 0) is 49.4 Å². The Morgan fingerprint density at radius 1 is 1.35 bits per heavy atom. The van der Waals surface area contributed by atoms with Crippen molar-refractivity contribution < 1.29 is 0 Å². The van der Waals surface area contributed by atoms with Gasteiger partial charge in [-0.25, -0.2) is 0 Å². The Bertz CT molecular complexity index is 396. The predicted molar refractivity (Wildman–Crippen MR) is 74.8 cm³/mol. The monoisotopic (exact) mass is 247 g/mol. The summed E-state index contributed by atoms with van der Waals surface area (Å²) in [5, 5.41) is 4.41. The largest absolute Gasteiger partial charge is 0.314 e. The summed E-state index contributed by atoms with van der Waals surface area (Å²) in [6, 6.07) is 7.83. The van der Waals surface area contributed by atoms with Crippen LogP contribution in [0.2, 0.25) is 0 Å². The van der Waals surface area contributed by atoms with E-state index in [1.165, 1.54) is 49.1 Å². The normalized spacial score (nSPS) is 28.1. The van der Waals surface area contributed by atoms with Crippen molar-refractivity contribution in [3.63, 3.8) is 0 Å². The molecule has 1 aromatic carbocycles. The molecule has 2 heterocycles. The SMILES string of the molecule is CC1Cc2cc(CC3CCCCN3)ccc2S1. The summed E-state index contributed by atoms with van der Waals surface area (Å²) in [6.45, 7) is 3.54. The Kier molecular flexibility index (Phi) is 3.44. The van der Waals surface area contributed by atoms with Crippen molar-refractivity contribution >= 4 is 11.8 Å². The second-order valence-electron chi connectivity index (χ2n) is 5.43. The highest BCUT2D eigenvalue weighted by molar-refractivity contribution is 8.00. The first-order valence-corrected chi connectivity index (χ1v) is 7.71. The molecule has 0 aromatic heterocycles. The first-order chi connectivity index (χ1) is 8.31. The summed E-state index contributed by atoms with van der Waals surface area (Å²) >= 11 is 2.03. The van der Waals surface area contributed by atoms with Crippen LogP contribution in [0.1, 0.15) is 37.3 Å². The van der Waals surface area contributed by atoms with Crippen LogP contribution in [0.15, 0.2) is 23.1 Å². The molecule has 0 saturated carbocycles. The molecule has 1 saturated heterocycles. The van der Waals surface area contributed by atoms with Crippen molar-refractivity contribution in [2.45, 2.75) is 55.2 Å².